The molecule has 0 fully saturated rings. The number of nitrogens with two attached hydrogens (primary N) is 1. The van der Waals surface area contributed by atoms with Gasteiger partial charge >= 0.3 is 0 Å². The van der Waals surface area contributed by atoms with Crippen molar-refractivity contribution in [2.45, 2.75) is 19.4 Å². The van der Waals surface area contributed by atoms with Crippen LogP contribution in [0.2, 0.25) is 0 Å². The van der Waals surface area contributed by atoms with E-state index >= 15 is 0 Å². The molecule has 1 aliphatic heterocycles. The molecule has 2 nitrogen and oxygen atoms in total. The summed E-state index contributed by atoms with van der Waals surface area (Å²) in [7, 11) is 0. The van der Waals surface area contributed by atoms with Gasteiger partial charge in [-0.2, -0.15) is 0 Å². The summed E-state index contributed by atoms with van der Waals surface area (Å²) in [5, 5.41) is 0. The highest BCUT2D eigenvalue weighted by Crippen LogP contribution is 2.33. The van der Waals surface area contributed by atoms with Crippen molar-refractivity contribution >= 4 is 5.84 Å². The third-order valence-corrected chi connectivity index (χ3v) is 2.32. The highest BCUT2D eigenvalue weighted by Gasteiger charge is 2.30. The Morgan fingerprint density at radius 2 is 2.08 bits per heavy atom. The van der Waals surface area contributed by atoms with Crippen LogP contribution in [-0.2, 0) is 5.54 Å². The molecule has 0 spiro atoms. The van der Waals surface area contributed by atoms with E-state index in [0.29, 0.717) is 5.84 Å². The Bertz CT molecular complexity index is 394. The van der Waals surface area contributed by atoms with Crippen molar-refractivity contribution in [3.05, 3.63) is 35.1 Å². The van der Waals surface area contributed by atoms with Crippen molar-refractivity contribution in [1.82, 2.24) is 0 Å². The lowest BCUT2D eigenvalue weighted by atomic mass is 9.94. The van der Waals surface area contributed by atoms with Crippen LogP contribution in [0, 0.1) is 5.82 Å². The van der Waals surface area contributed by atoms with Gasteiger partial charge in [0, 0.05) is 5.56 Å². The first-order chi connectivity index (χ1) is 6.00. The SMILES string of the molecule is CC1(C)N=C(N)c2cc(F)ccc21. The van der Waals surface area contributed by atoms with Gasteiger partial charge in [-0.25, -0.2) is 4.39 Å². The predicted octanol–water partition coefficient (Wildman–Crippen LogP) is 1.78. The largest absolute Gasteiger partial charge is 0.383 e. The molecule has 0 radical (unpaired) electrons. The minimum Gasteiger partial charge on any atom is -0.383 e. The number of halogens is 1. The van der Waals surface area contributed by atoms with Gasteiger partial charge in [0.05, 0.1) is 5.54 Å². The lowest BCUT2D eigenvalue weighted by Crippen LogP contribution is -2.10. The van der Waals surface area contributed by atoms with Gasteiger partial charge in [-0.05, 0) is 31.5 Å². The molecule has 1 heterocycles. The summed E-state index contributed by atoms with van der Waals surface area (Å²) in [5.74, 6) is 0.161. The fraction of sp³-hybridized carbons (Fsp3) is 0.300. The van der Waals surface area contributed by atoms with Gasteiger partial charge in [0.2, 0.25) is 0 Å². The second kappa shape index (κ2) is 2.31. The summed E-state index contributed by atoms with van der Waals surface area (Å²) in [5.41, 5.74) is 7.08. The van der Waals surface area contributed by atoms with Crippen LogP contribution in [0.5, 0.6) is 0 Å². The van der Waals surface area contributed by atoms with Crippen molar-refractivity contribution in [2.75, 3.05) is 0 Å². The number of amidine groups is 1. The van der Waals surface area contributed by atoms with Gasteiger partial charge in [-0.15, -0.1) is 0 Å². The first kappa shape index (κ1) is 8.23. The molecule has 68 valence electrons. The standard InChI is InChI=1S/C10H11FN2/c1-10(2)8-4-3-6(11)5-7(8)9(12)13-10/h3-5H,1-2H3,(H2,12,13). The maximum absolute atomic E-state index is 12.9. The fourth-order valence-electron chi connectivity index (χ4n) is 1.68. The Hall–Kier alpha value is -1.38. The van der Waals surface area contributed by atoms with Crippen LogP contribution in [0.25, 0.3) is 0 Å². The molecule has 0 amide bonds. The average Bonchev–Trinajstić information content (AvgIpc) is 2.22. The molecule has 0 unspecified atom stereocenters. The molecule has 1 aromatic rings. The number of fused-ring (bicyclic) bond motifs is 1. The van der Waals surface area contributed by atoms with Gasteiger partial charge in [0.1, 0.15) is 11.7 Å². The van der Waals surface area contributed by atoms with E-state index in [2.05, 4.69) is 4.99 Å². The Morgan fingerprint density at radius 1 is 1.38 bits per heavy atom. The summed E-state index contributed by atoms with van der Waals surface area (Å²) >= 11 is 0. The minimum atomic E-state index is -0.312. The highest BCUT2D eigenvalue weighted by atomic mass is 19.1. The molecule has 0 aliphatic carbocycles. The van der Waals surface area contributed by atoms with E-state index in [1.54, 1.807) is 6.07 Å². The monoisotopic (exact) mass is 178 g/mol. The van der Waals surface area contributed by atoms with E-state index in [1.807, 2.05) is 13.8 Å². The maximum Gasteiger partial charge on any atom is 0.127 e. The second-order valence-electron chi connectivity index (χ2n) is 3.75. The summed E-state index contributed by atoms with van der Waals surface area (Å²) in [4.78, 5) is 4.26. The summed E-state index contributed by atoms with van der Waals surface area (Å²) in [6.07, 6.45) is 0. The molecule has 1 aromatic carbocycles. The van der Waals surface area contributed by atoms with Crippen molar-refractivity contribution in [3.8, 4) is 0 Å². The van der Waals surface area contributed by atoms with Gasteiger partial charge in [-0.1, -0.05) is 6.07 Å². The van der Waals surface area contributed by atoms with E-state index in [4.69, 9.17) is 5.73 Å². The van der Waals surface area contributed by atoms with Crippen LogP contribution in [0.3, 0.4) is 0 Å². The fourth-order valence-corrected chi connectivity index (χ4v) is 1.68. The Kier molecular flexibility index (Phi) is 1.46. The normalized spacial score (nSPS) is 18.2. The number of aliphatic imine (C=N–C) groups is 1. The first-order valence-electron chi connectivity index (χ1n) is 4.16. The summed E-state index contributed by atoms with van der Waals surface area (Å²) < 4.78 is 12.9. The van der Waals surface area contributed by atoms with Crippen molar-refractivity contribution in [2.24, 2.45) is 10.7 Å². The Balaban J connectivity index is 2.67. The van der Waals surface area contributed by atoms with Crippen molar-refractivity contribution < 1.29 is 4.39 Å². The number of hydrogen-bond donors (Lipinski definition) is 1. The summed E-state index contributed by atoms with van der Waals surface area (Å²) in [6.45, 7) is 3.92. The maximum atomic E-state index is 12.9. The van der Waals surface area contributed by atoms with E-state index in [9.17, 15) is 4.39 Å². The van der Waals surface area contributed by atoms with Crippen LogP contribution in [-0.4, -0.2) is 5.84 Å². The zero-order valence-electron chi connectivity index (χ0n) is 7.63. The molecule has 0 saturated heterocycles. The molecule has 2 rings (SSSR count). The molecule has 3 heteroatoms. The van der Waals surface area contributed by atoms with Crippen molar-refractivity contribution in [3.63, 3.8) is 0 Å². The van der Waals surface area contributed by atoms with Crippen LogP contribution in [0.15, 0.2) is 23.2 Å². The second-order valence-corrected chi connectivity index (χ2v) is 3.75. The van der Waals surface area contributed by atoms with E-state index in [-0.39, 0.29) is 11.4 Å². The van der Waals surface area contributed by atoms with Crippen LogP contribution >= 0.6 is 0 Å². The molecule has 13 heavy (non-hydrogen) atoms. The third-order valence-electron chi connectivity index (χ3n) is 2.32. The highest BCUT2D eigenvalue weighted by molar-refractivity contribution is 6.01. The smallest absolute Gasteiger partial charge is 0.127 e. The number of nitrogens with zero attached hydrogens (tertiary/aromatic N) is 1. The van der Waals surface area contributed by atoms with Gasteiger partial charge in [0.15, 0.2) is 0 Å². The molecule has 0 saturated carbocycles. The zero-order chi connectivity index (χ0) is 9.64. The molecule has 0 bridgehead atoms. The number of hydrogen-bond acceptors (Lipinski definition) is 2. The molecule has 2 N–H and O–H groups in total. The lowest BCUT2D eigenvalue weighted by Gasteiger charge is -2.15. The van der Waals surface area contributed by atoms with Crippen LogP contribution < -0.4 is 5.73 Å². The molecular weight excluding hydrogens is 167 g/mol. The Morgan fingerprint density at radius 3 is 2.77 bits per heavy atom. The number of benzene rings is 1. The van der Waals surface area contributed by atoms with Gasteiger partial charge in [0.25, 0.3) is 0 Å². The quantitative estimate of drug-likeness (QED) is 0.646. The molecule has 0 atom stereocenters. The lowest BCUT2D eigenvalue weighted by molar-refractivity contribution is 0.568. The Labute approximate surface area is 76.3 Å². The first-order valence-corrected chi connectivity index (χ1v) is 4.16. The summed E-state index contributed by atoms with van der Waals surface area (Å²) in [6, 6.07) is 4.62. The van der Waals surface area contributed by atoms with Gasteiger partial charge in [-0.3, -0.25) is 4.99 Å². The van der Waals surface area contributed by atoms with E-state index in [0.717, 1.165) is 11.1 Å². The third kappa shape index (κ3) is 1.11. The molecular formula is C10H11FN2. The predicted molar refractivity (Wildman–Crippen MR) is 50.2 cm³/mol. The average molecular weight is 178 g/mol. The van der Waals surface area contributed by atoms with E-state index in [1.165, 1.54) is 12.1 Å². The van der Waals surface area contributed by atoms with Crippen LogP contribution in [0.4, 0.5) is 4.39 Å². The topological polar surface area (TPSA) is 38.4 Å². The minimum absolute atomic E-state index is 0.269. The van der Waals surface area contributed by atoms with Crippen LogP contribution in [0.1, 0.15) is 25.0 Å². The van der Waals surface area contributed by atoms with E-state index < -0.39 is 0 Å². The number of rotatable bonds is 0. The molecule has 1 aliphatic rings. The molecule has 0 aromatic heterocycles. The van der Waals surface area contributed by atoms with Crippen molar-refractivity contribution in [1.29, 1.82) is 0 Å². The van der Waals surface area contributed by atoms with Gasteiger partial charge < -0.3 is 5.73 Å². The zero-order valence-corrected chi connectivity index (χ0v) is 7.63.